The van der Waals surface area contributed by atoms with Crippen molar-refractivity contribution in [1.82, 2.24) is 5.32 Å². The van der Waals surface area contributed by atoms with Crippen LogP contribution in [0.3, 0.4) is 0 Å². The maximum Gasteiger partial charge on any atom is 0.224 e. The van der Waals surface area contributed by atoms with Gasteiger partial charge < -0.3 is 11.1 Å². The summed E-state index contributed by atoms with van der Waals surface area (Å²) >= 11 is 0. The van der Waals surface area contributed by atoms with Crippen LogP contribution in [0.2, 0.25) is 0 Å². The number of carbonyl (C=O) groups excluding carboxylic acids is 1. The quantitative estimate of drug-likeness (QED) is 0.793. The molecular formula is C14H22N2O. The normalized spacial score (nSPS) is 14.1. The third-order valence-electron chi connectivity index (χ3n) is 3.07. The van der Waals surface area contributed by atoms with Crippen molar-refractivity contribution in [2.24, 2.45) is 11.7 Å². The van der Waals surface area contributed by atoms with Crippen molar-refractivity contribution in [3.8, 4) is 0 Å². The third kappa shape index (κ3) is 3.86. The van der Waals surface area contributed by atoms with Gasteiger partial charge in [0.25, 0.3) is 0 Å². The Labute approximate surface area is 103 Å². The summed E-state index contributed by atoms with van der Waals surface area (Å²) < 4.78 is 0. The van der Waals surface area contributed by atoms with Crippen LogP contribution in [0.1, 0.15) is 38.3 Å². The second-order valence-corrected chi connectivity index (χ2v) is 4.22. The topological polar surface area (TPSA) is 55.1 Å². The van der Waals surface area contributed by atoms with Gasteiger partial charge in [-0.3, -0.25) is 4.79 Å². The molecule has 1 aromatic rings. The molecule has 0 saturated carbocycles. The molecule has 3 heteroatoms. The fraction of sp³-hybridized carbons (Fsp3) is 0.500. The summed E-state index contributed by atoms with van der Waals surface area (Å²) in [5.41, 5.74) is 6.73. The molecule has 94 valence electrons. The predicted octanol–water partition coefficient (Wildman–Crippen LogP) is 2.24. The molecule has 0 heterocycles. The van der Waals surface area contributed by atoms with Gasteiger partial charge in [0, 0.05) is 12.5 Å². The lowest BCUT2D eigenvalue weighted by Crippen LogP contribution is -2.36. The van der Waals surface area contributed by atoms with Crippen molar-refractivity contribution in [3.05, 3.63) is 35.9 Å². The summed E-state index contributed by atoms with van der Waals surface area (Å²) in [6.07, 6.45) is 1.67. The minimum Gasteiger partial charge on any atom is -0.349 e. The van der Waals surface area contributed by atoms with Crippen LogP contribution in [-0.2, 0) is 4.79 Å². The standard InChI is InChI=1S/C14H22N2O/c1-3-11(10-15)14(17)16-13(4-2)12-8-6-5-7-9-12/h5-9,11,13H,3-4,10,15H2,1-2H3,(H,16,17)/t11-,13-/m0/s1. The molecule has 0 radical (unpaired) electrons. The Balaban J connectivity index is 2.68. The second-order valence-electron chi connectivity index (χ2n) is 4.22. The Morgan fingerprint density at radius 1 is 1.24 bits per heavy atom. The summed E-state index contributed by atoms with van der Waals surface area (Å²) in [7, 11) is 0. The average Bonchev–Trinajstić information content (AvgIpc) is 2.38. The minimum absolute atomic E-state index is 0.0608. The number of rotatable bonds is 6. The van der Waals surface area contributed by atoms with E-state index in [1.165, 1.54) is 0 Å². The van der Waals surface area contributed by atoms with Gasteiger partial charge in [0.05, 0.1) is 6.04 Å². The highest BCUT2D eigenvalue weighted by molar-refractivity contribution is 5.79. The van der Waals surface area contributed by atoms with E-state index >= 15 is 0 Å². The molecule has 0 bridgehead atoms. The first-order valence-electron chi connectivity index (χ1n) is 6.28. The van der Waals surface area contributed by atoms with Crippen LogP contribution in [0.4, 0.5) is 0 Å². The van der Waals surface area contributed by atoms with Gasteiger partial charge in [-0.25, -0.2) is 0 Å². The van der Waals surface area contributed by atoms with E-state index in [-0.39, 0.29) is 17.9 Å². The molecule has 0 aliphatic rings. The van der Waals surface area contributed by atoms with Crippen LogP contribution in [0.25, 0.3) is 0 Å². The van der Waals surface area contributed by atoms with Crippen LogP contribution >= 0.6 is 0 Å². The summed E-state index contributed by atoms with van der Waals surface area (Å²) in [4.78, 5) is 12.0. The summed E-state index contributed by atoms with van der Waals surface area (Å²) in [5.74, 6) is -0.0153. The maximum atomic E-state index is 12.0. The van der Waals surface area contributed by atoms with Crippen LogP contribution in [0, 0.1) is 5.92 Å². The van der Waals surface area contributed by atoms with E-state index in [1.54, 1.807) is 0 Å². The molecule has 2 atom stereocenters. The summed E-state index contributed by atoms with van der Waals surface area (Å²) in [6.45, 7) is 4.47. The maximum absolute atomic E-state index is 12.0. The van der Waals surface area contributed by atoms with E-state index < -0.39 is 0 Å². The largest absolute Gasteiger partial charge is 0.349 e. The van der Waals surface area contributed by atoms with E-state index in [0.717, 1.165) is 18.4 Å². The molecule has 0 fully saturated rings. The molecule has 3 nitrogen and oxygen atoms in total. The Morgan fingerprint density at radius 2 is 1.88 bits per heavy atom. The predicted molar refractivity (Wildman–Crippen MR) is 70.5 cm³/mol. The Hall–Kier alpha value is -1.35. The monoisotopic (exact) mass is 234 g/mol. The molecule has 0 aliphatic heterocycles. The zero-order valence-electron chi connectivity index (χ0n) is 10.6. The number of benzene rings is 1. The molecule has 1 rings (SSSR count). The number of nitrogens with one attached hydrogen (secondary N) is 1. The molecule has 0 spiro atoms. The first kappa shape index (κ1) is 13.7. The summed E-state index contributed by atoms with van der Waals surface area (Å²) in [5, 5.41) is 3.07. The van der Waals surface area contributed by atoms with Crippen LogP contribution in [0.5, 0.6) is 0 Å². The highest BCUT2D eigenvalue weighted by Crippen LogP contribution is 2.16. The molecule has 0 aromatic heterocycles. The van der Waals surface area contributed by atoms with Crippen molar-refractivity contribution >= 4 is 5.91 Å². The van der Waals surface area contributed by atoms with E-state index in [9.17, 15) is 4.79 Å². The fourth-order valence-electron chi connectivity index (χ4n) is 1.86. The smallest absolute Gasteiger partial charge is 0.224 e. The molecular weight excluding hydrogens is 212 g/mol. The van der Waals surface area contributed by atoms with Crippen LogP contribution < -0.4 is 11.1 Å². The first-order chi connectivity index (χ1) is 8.22. The molecule has 0 unspecified atom stereocenters. The number of hydrogen-bond acceptors (Lipinski definition) is 2. The molecule has 3 N–H and O–H groups in total. The van der Waals surface area contributed by atoms with Gasteiger partial charge in [0.1, 0.15) is 0 Å². The van der Waals surface area contributed by atoms with Gasteiger partial charge in [-0.15, -0.1) is 0 Å². The Bertz CT molecular complexity index is 333. The Kier molecular flexibility index (Phi) is 5.70. The lowest BCUT2D eigenvalue weighted by atomic mass is 10.0. The van der Waals surface area contributed by atoms with Gasteiger partial charge >= 0.3 is 0 Å². The van der Waals surface area contributed by atoms with Crippen molar-refractivity contribution in [1.29, 1.82) is 0 Å². The van der Waals surface area contributed by atoms with Crippen molar-refractivity contribution in [2.75, 3.05) is 6.54 Å². The van der Waals surface area contributed by atoms with E-state index in [0.29, 0.717) is 6.54 Å². The number of hydrogen-bond donors (Lipinski definition) is 2. The highest BCUT2D eigenvalue weighted by atomic mass is 16.1. The van der Waals surface area contributed by atoms with Crippen LogP contribution in [-0.4, -0.2) is 12.5 Å². The first-order valence-corrected chi connectivity index (χ1v) is 6.28. The number of carbonyl (C=O) groups is 1. The van der Waals surface area contributed by atoms with Gasteiger partial charge in [0.2, 0.25) is 5.91 Å². The number of nitrogens with two attached hydrogens (primary N) is 1. The lowest BCUT2D eigenvalue weighted by Gasteiger charge is -2.20. The van der Waals surface area contributed by atoms with E-state index in [4.69, 9.17) is 5.73 Å². The van der Waals surface area contributed by atoms with Crippen molar-refractivity contribution in [3.63, 3.8) is 0 Å². The van der Waals surface area contributed by atoms with E-state index in [2.05, 4.69) is 12.2 Å². The molecule has 1 aromatic carbocycles. The highest BCUT2D eigenvalue weighted by Gasteiger charge is 2.18. The number of amides is 1. The van der Waals surface area contributed by atoms with Crippen molar-refractivity contribution in [2.45, 2.75) is 32.7 Å². The second kappa shape index (κ2) is 7.07. The van der Waals surface area contributed by atoms with Gasteiger partial charge in [-0.2, -0.15) is 0 Å². The fourth-order valence-corrected chi connectivity index (χ4v) is 1.86. The molecule has 0 aliphatic carbocycles. The van der Waals surface area contributed by atoms with Gasteiger partial charge in [-0.1, -0.05) is 44.2 Å². The van der Waals surface area contributed by atoms with E-state index in [1.807, 2.05) is 37.3 Å². The molecule has 17 heavy (non-hydrogen) atoms. The van der Waals surface area contributed by atoms with Crippen LogP contribution in [0.15, 0.2) is 30.3 Å². The summed E-state index contributed by atoms with van der Waals surface area (Å²) in [6, 6.07) is 10.1. The molecule has 0 saturated heterocycles. The third-order valence-corrected chi connectivity index (χ3v) is 3.07. The molecule has 1 amide bonds. The lowest BCUT2D eigenvalue weighted by molar-refractivity contribution is -0.125. The minimum atomic E-state index is -0.0761. The average molecular weight is 234 g/mol. The SMILES string of the molecule is CC[C@@H](CN)C(=O)N[C@@H](CC)c1ccccc1. The zero-order valence-corrected chi connectivity index (χ0v) is 10.6. The van der Waals surface area contributed by atoms with Gasteiger partial charge in [0.15, 0.2) is 0 Å². The zero-order chi connectivity index (χ0) is 12.7. The van der Waals surface area contributed by atoms with Gasteiger partial charge in [-0.05, 0) is 18.4 Å². The Morgan fingerprint density at radius 3 is 2.35 bits per heavy atom. The van der Waals surface area contributed by atoms with Crippen molar-refractivity contribution < 1.29 is 4.79 Å².